The van der Waals surface area contributed by atoms with Crippen LogP contribution in [0.1, 0.15) is 19.4 Å². The van der Waals surface area contributed by atoms with Gasteiger partial charge in [-0.25, -0.2) is 0 Å². The van der Waals surface area contributed by atoms with E-state index in [-0.39, 0.29) is 6.10 Å². The van der Waals surface area contributed by atoms with Crippen LogP contribution in [0.4, 0.5) is 0 Å². The third kappa shape index (κ3) is 5.91. The van der Waals surface area contributed by atoms with Gasteiger partial charge in [-0.3, -0.25) is 0 Å². The van der Waals surface area contributed by atoms with Crippen molar-refractivity contribution < 1.29 is 4.74 Å². The predicted octanol–water partition coefficient (Wildman–Crippen LogP) is 3.87. The van der Waals surface area contributed by atoms with Gasteiger partial charge in [0, 0.05) is 11.4 Å². The molecule has 1 atom stereocenters. The maximum atomic E-state index is 5.71. The highest BCUT2D eigenvalue weighted by Gasteiger charge is 2.09. The Kier molecular flexibility index (Phi) is 7.25. The van der Waals surface area contributed by atoms with Gasteiger partial charge in [0.2, 0.25) is 0 Å². The van der Waals surface area contributed by atoms with E-state index in [0.717, 1.165) is 5.56 Å². The molecule has 0 aromatic heterocycles. The molecule has 18 heavy (non-hydrogen) atoms. The number of hydrogen-bond donors (Lipinski definition) is 0. The summed E-state index contributed by atoms with van der Waals surface area (Å²) in [7, 11) is 0. The van der Waals surface area contributed by atoms with Crippen LogP contribution < -0.4 is 0 Å². The Labute approximate surface area is 115 Å². The first-order valence-corrected chi connectivity index (χ1v) is 6.66. The van der Waals surface area contributed by atoms with Gasteiger partial charge in [-0.05, 0) is 18.1 Å². The fraction of sp³-hybridized carbons (Fsp3) is 0.375. The highest BCUT2D eigenvalue weighted by Crippen LogP contribution is 2.06. The van der Waals surface area contributed by atoms with E-state index in [0.29, 0.717) is 18.4 Å². The zero-order valence-corrected chi connectivity index (χ0v) is 11.7. The van der Waals surface area contributed by atoms with Gasteiger partial charge >= 0.3 is 0 Å². The summed E-state index contributed by atoms with van der Waals surface area (Å²) >= 11 is 5.55. The molecular weight excluding hydrogens is 244 g/mol. The van der Waals surface area contributed by atoms with E-state index in [2.05, 4.69) is 25.7 Å². The molecule has 1 aromatic rings. The fourth-order valence-corrected chi connectivity index (χ4v) is 1.49. The number of ether oxygens (including phenoxy) is 1. The quantitative estimate of drug-likeness (QED) is 0.445. The summed E-state index contributed by atoms with van der Waals surface area (Å²) in [5.41, 5.74) is 1.02. The average molecular weight is 263 g/mol. The molecular formula is C16H19ClO. The van der Waals surface area contributed by atoms with Crippen LogP contribution >= 0.6 is 11.6 Å². The molecule has 0 radical (unpaired) electrons. The summed E-state index contributed by atoms with van der Waals surface area (Å²) in [5, 5.41) is 0. The van der Waals surface area contributed by atoms with Crippen LogP contribution in [0.25, 0.3) is 0 Å². The number of halogens is 1. The molecule has 1 rings (SSSR count). The predicted molar refractivity (Wildman–Crippen MR) is 77.8 cm³/mol. The highest BCUT2D eigenvalue weighted by molar-refractivity contribution is 6.18. The molecule has 0 N–H and O–H groups in total. The lowest BCUT2D eigenvalue weighted by Crippen LogP contribution is -2.17. The second kappa shape index (κ2) is 8.80. The molecule has 96 valence electrons. The van der Waals surface area contributed by atoms with E-state index in [1.54, 1.807) is 0 Å². The molecule has 0 heterocycles. The Morgan fingerprint density at radius 2 is 1.94 bits per heavy atom. The average Bonchev–Trinajstić information content (AvgIpc) is 2.38. The van der Waals surface area contributed by atoms with Crippen LogP contribution in [-0.4, -0.2) is 18.6 Å². The molecule has 0 aliphatic rings. The van der Waals surface area contributed by atoms with Crippen LogP contribution in [0.15, 0.2) is 42.5 Å². The molecule has 1 unspecified atom stereocenters. The van der Waals surface area contributed by atoms with Crippen molar-refractivity contribution in [1.82, 2.24) is 0 Å². The Morgan fingerprint density at radius 1 is 1.22 bits per heavy atom. The number of rotatable bonds is 5. The van der Waals surface area contributed by atoms with Crippen molar-refractivity contribution in [2.45, 2.75) is 20.0 Å². The number of alkyl halides is 1. The van der Waals surface area contributed by atoms with Gasteiger partial charge in [-0.1, -0.05) is 56.0 Å². The third-order valence-electron chi connectivity index (χ3n) is 2.37. The second-order valence-corrected chi connectivity index (χ2v) is 4.57. The van der Waals surface area contributed by atoms with Crippen LogP contribution in [0, 0.1) is 17.8 Å². The minimum atomic E-state index is -0.0508. The van der Waals surface area contributed by atoms with Crippen molar-refractivity contribution in [3.05, 3.63) is 48.0 Å². The maximum absolute atomic E-state index is 5.71. The molecule has 0 spiro atoms. The van der Waals surface area contributed by atoms with E-state index >= 15 is 0 Å². The summed E-state index contributed by atoms with van der Waals surface area (Å²) in [6, 6.07) is 9.95. The first-order chi connectivity index (χ1) is 8.74. The van der Waals surface area contributed by atoms with Crippen LogP contribution in [0.5, 0.6) is 0 Å². The van der Waals surface area contributed by atoms with Gasteiger partial charge in [0.25, 0.3) is 0 Å². The van der Waals surface area contributed by atoms with Gasteiger partial charge in [0.15, 0.2) is 0 Å². The van der Waals surface area contributed by atoms with E-state index in [1.807, 2.05) is 42.5 Å². The zero-order valence-electron chi connectivity index (χ0n) is 10.9. The summed E-state index contributed by atoms with van der Waals surface area (Å²) in [5.74, 6) is 7.20. The molecule has 1 nitrogen and oxygen atoms in total. The molecule has 0 fully saturated rings. The van der Waals surface area contributed by atoms with Gasteiger partial charge in [-0.2, -0.15) is 0 Å². The largest absolute Gasteiger partial charge is 0.361 e. The third-order valence-corrected chi connectivity index (χ3v) is 2.54. The van der Waals surface area contributed by atoms with Crippen molar-refractivity contribution in [3.8, 4) is 11.8 Å². The molecule has 0 aliphatic carbocycles. The SMILES string of the molecule is CC(C)C(C#Cc1ccccc1)OC/C=C\CCl. The van der Waals surface area contributed by atoms with Crippen LogP contribution in [0.2, 0.25) is 0 Å². The lowest BCUT2D eigenvalue weighted by atomic mass is 10.1. The smallest absolute Gasteiger partial charge is 0.121 e. The summed E-state index contributed by atoms with van der Waals surface area (Å²) in [6.45, 7) is 4.77. The Morgan fingerprint density at radius 3 is 2.56 bits per heavy atom. The summed E-state index contributed by atoms with van der Waals surface area (Å²) in [4.78, 5) is 0. The molecule has 0 aliphatic heterocycles. The Balaban J connectivity index is 2.58. The first-order valence-electron chi connectivity index (χ1n) is 6.13. The Bertz CT molecular complexity index is 412. The summed E-state index contributed by atoms with van der Waals surface area (Å²) in [6.07, 6.45) is 3.75. The molecule has 0 amide bonds. The topological polar surface area (TPSA) is 9.23 Å². The standard InChI is InChI=1S/C16H19ClO/c1-14(2)16(18-13-7-6-12-17)11-10-15-8-4-3-5-9-15/h3-9,14,16H,12-13H2,1-2H3/b7-6-. The molecule has 2 heteroatoms. The minimum absolute atomic E-state index is 0.0508. The lowest BCUT2D eigenvalue weighted by Gasteiger charge is -2.14. The van der Waals surface area contributed by atoms with Crippen molar-refractivity contribution in [3.63, 3.8) is 0 Å². The van der Waals surface area contributed by atoms with Gasteiger partial charge < -0.3 is 4.74 Å². The van der Waals surface area contributed by atoms with E-state index in [9.17, 15) is 0 Å². The lowest BCUT2D eigenvalue weighted by molar-refractivity contribution is 0.0827. The minimum Gasteiger partial charge on any atom is -0.361 e. The van der Waals surface area contributed by atoms with Crippen molar-refractivity contribution in [2.75, 3.05) is 12.5 Å². The maximum Gasteiger partial charge on any atom is 0.121 e. The molecule has 0 saturated heterocycles. The monoisotopic (exact) mass is 262 g/mol. The summed E-state index contributed by atoms with van der Waals surface area (Å²) < 4.78 is 5.71. The van der Waals surface area contributed by atoms with Crippen LogP contribution in [-0.2, 0) is 4.74 Å². The first kappa shape index (κ1) is 14.8. The normalized spacial score (nSPS) is 12.4. The number of allylic oxidation sites excluding steroid dienone is 1. The Hall–Kier alpha value is -1.23. The zero-order chi connectivity index (χ0) is 13.2. The van der Waals surface area contributed by atoms with Crippen LogP contribution in [0.3, 0.4) is 0 Å². The van der Waals surface area contributed by atoms with E-state index < -0.39 is 0 Å². The highest BCUT2D eigenvalue weighted by atomic mass is 35.5. The number of hydrogen-bond acceptors (Lipinski definition) is 1. The fourth-order valence-electron chi connectivity index (χ4n) is 1.37. The van der Waals surface area contributed by atoms with Gasteiger partial charge in [0.1, 0.15) is 6.10 Å². The molecule has 0 saturated carbocycles. The molecule has 0 bridgehead atoms. The van der Waals surface area contributed by atoms with Crippen molar-refractivity contribution in [1.29, 1.82) is 0 Å². The van der Waals surface area contributed by atoms with Gasteiger partial charge in [-0.15, -0.1) is 11.6 Å². The van der Waals surface area contributed by atoms with Crippen molar-refractivity contribution in [2.24, 2.45) is 5.92 Å². The van der Waals surface area contributed by atoms with Crippen molar-refractivity contribution >= 4 is 11.6 Å². The van der Waals surface area contributed by atoms with E-state index in [1.165, 1.54) is 0 Å². The molecule has 1 aromatic carbocycles. The van der Waals surface area contributed by atoms with E-state index in [4.69, 9.17) is 16.3 Å². The number of benzene rings is 1. The van der Waals surface area contributed by atoms with Gasteiger partial charge in [0.05, 0.1) is 6.61 Å². The second-order valence-electron chi connectivity index (χ2n) is 4.26.